The van der Waals surface area contributed by atoms with Crippen LogP contribution in [0.4, 0.5) is 0 Å². The molecule has 5 heteroatoms. The van der Waals surface area contributed by atoms with E-state index in [1.807, 2.05) is 23.1 Å². The van der Waals surface area contributed by atoms with Crippen molar-refractivity contribution in [2.24, 2.45) is 0 Å². The molecule has 26 heavy (non-hydrogen) atoms. The molecule has 1 heterocycles. The predicted molar refractivity (Wildman–Crippen MR) is 102 cm³/mol. The summed E-state index contributed by atoms with van der Waals surface area (Å²) in [4.78, 5) is 14.6. The Morgan fingerprint density at radius 2 is 1.88 bits per heavy atom. The van der Waals surface area contributed by atoms with Crippen LogP contribution < -0.4 is 5.32 Å². The largest absolute Gasteiger partial charge is 0.393 e. The van der Waals surface area contributed by atoms with Gasteiger partial charge in [-0.2, -0.15) is 0 Å². The van der Waals surface area contributed by atoms with Crippen molar-refractivity contribution in [1.29, 1.82) is 0 Å². The third-order valence-electron chi connectivity index (χ3n) is 5.82. The van der Waals surface area contributed by atoms with Crippen LogP contribution in [0.5, 0.6) is 0 Å². The Hall–Kier alpha value is -1.43. The Bertz CT molecular complexity index is 572. The first-order valence-electron chi connectivity index (χ1n) is 10.0. The average molecular weight is 360 g/mol. The maximum atomic E-state index is 12.8. The van der Waals surface area contributed by atoms with Crippen molar-refractivity contribution >= 4 is 5.91 Å². The molecule has 144 valence electrons. The van der Waals surface area contributed by atoms with Gasteiger partial charge in [0, 0.05) is 25.7 Å². The van der Waals surface area contributed by atoms with E-state index in [1.165, 1.54) is 5.56 Å². The van der Waals surface area contributed by atoms with Gasteiger partial charge in [-0.25, -0.2) is 0 Å². The third kappa shape index (κ3) is 5.06. The number of hydrogen-bond acceptors (Lipinski definition) is 4. The van der Waals surface area contributed by atoms with Gasteiger partial charge in [0.2, 0.25) is 0 Å². The number of aryl methyl sites for hydroxylation is 1. The molecule has 1 atom stereocenters. The molecule has 1 saturated carbocycles. The summed E-state index contributed by atoms with van der Waals surface area (Å²) in [6.45, 7) is 1.76. The van der Waals surface area contributed by atoms with E-state index in [2.05, 4.69) is 17.4 Å². The number of aliphatic hydroxyl groups excluding tert-OH is 1. The van der Waals surface area contributed by atoms with E-state index in [0.29, 0.717) is 25.6 Å². The van der Waals surface area contributed by atoms with Crippen molar-refractivity contribution < 1.29 is 15.0 Å². The molecule has 0 aromatic heterocycles. The zero-order valence-electron chi connectivity index (χ0n) is 15.6. The van der Waals surface area contributed by atoms with Crippen LogP contribution in [-0.2, 0) is 11.2 Å². The molecule has 1 saturated heterocycles. The number of carbonyl (C=O) groups is 1. The summed E-state index contributed by atoms with van der Waals surface area (Å²) in [7, 11) is 0. The quantitative estimate of drug-likeness (QED) is 0.694. The monoisotopic (exact) mass is 360 g/mol. The van der Waals surface area contributed by atoms with Gasteiger partial charge < -0.3 is 20.4 Å². The highest BCUT2D eigenvalue weighted by molar-refractivity contribution is 5.86. The number of amides is 1. The van der Waals surface area contributed by atoms with Gasteiger partial charge in [-0.15, -0.1) is 0 Å². The van der Waals surface area contributed by atoms with Gasteiger partial charge >= 0.3 is 0 Å². The van der Waals surface area contributed by atoms with E-state index in [9.17, 15) is 15.0 Å². The second-order valence-electron chi connectivity index (χ2n) is 7.90. The fourth-order valence-electron chi connectivity index (χ4n) is 4.15. The normalized spacial score (nSPS) is 29.8. The van der Waals surface area contributed by atoms with Crippen molar-refractivity contribution in [3.63, 3.8) is 0 Å². The highest BCUT2D eigenvalue weighted by atomic mass is 16.3. The summed E-state index contributed by atoms with van der Waals surface area (Å²) in [5, 5.41) is 23.9. The minimum atomic E-state index is -1.28. The fraction of sp³-hybridized carbons (Fsp3) is 0.667. The standard InChI is InChI=1S/C21H32N2O3/c24-19-11-9-18(10-12-19)22-16-21(26)13-5-15-23(20(21)25)14-4-8-17-6-2-1-3-7-17/h1-3,6-7,18-19,22,24,26H,4-5,8-16H2/t18?,19?,21-/m0/s1. The van der Waals surface area contributed by atoms with Crippen LogP contribution in [0.3, 0.4) is 0 Å². The zero-order chi connectivity index (χ0) is 18.4. The van der Waals surface area contributed by atoms with Crippen molar-refractivity contribution in [2.75, 3.05) is 19.6 Å². The Balaban J connectivity index is 1.46. The van der Waals surface area contributed by atoms with Gasteiger partial charge in [0.25, 0.3) is 5.91 Å². The molecular formula is C21H32N2O3. The second kappa shape index (κ2) is 8.98. The van der Waals surface area contributed by atoms with E-state index < -0.39 is 5.60 Å². The summed E-state index contributed by atoms with van der Waals surface area (Å²) in [6, 6.07) is 10.6. The molecule has 5 nitrogen and oxygen atoms in total. The molecule has 3 rings (SSSR count). The number of benzene rings is 1. The molecular weight excluding hydrogens is 328 g/mol. The number of hydrogen-bond donors (Lipinski definition) is 3. The van der Waals surface area contributed by atoms with E-state index in [-0.39, 0.29) is 12.0 Å². The molecule has 2 aliphatic rings. The first-order chi connectivity index (χ1) is 12.6. The molecule has 1 aromatic carbocycles. The van der Waals surface area contributed by atoms with Crippen LogP contribution in [0.15, 0.2) is 30.3 Å². The van der Waals surface area contributed by atoms with Crippen LogP contribution in [-0.4, -0.2) is 58.4 Å². The predicted octanol–water partition coefficient (Wildman–Crippen LogP) is 1.87. The van der Waals surface area contributed by atoms with Crippen LogP contribution >= 0.6 is 0 Å². The number of carbonyl (C=O) groups excluding carboxylic acids is 1. The van der Waals surface area contributed by atoms with Crippen molar-refractivity contribution in [3.8, 4) is 0 Å². The number of nitrogens with one attached hydrogen (secondary N) is 1. The van der Waals surface area contributed by atoms with Crippen molar-refractivity contribution in [3.05, 3.63) is 35.9 Å². The topological polar surface area (TPSA) is 72.8 Å². The summed E-state index contributed by atoms with van der Waals surface area (Å²) in [5.41, 5.74) is 0.00880. The maximum absolute atomic E-state index is 12.8. The fourth-order valence-corrected chi connectivity index (χ4v) is 4.15. The van der Waals surface area contributed by atoms with Crippen LogP contribution in [0.2, 0.25) is 0 Å². The molecule has 1 aliphatic carbocycles. The first kappa shape index (κ1) is 19.3. The van der Waals surface area contributed by atoms with E-state index >= 15 is 0 Å². The Kier molecular flexibility index (Phi) is 6.68. The van der Waals surface area contributed by atoms with Gasteiger partial charge in [-0.3, -0.25) is 4.79 Å². The van der Waals surface area contributed by atoms with E-state index in [4.69, 9.17) is 0 Å². The van der Waals surface area contributed by atoms with E-state index in [1.54, 1.807) is 0 Å². The number of piperidine rings is 1. The highest BCUT2D eigenvalue weighted by Crippen LogP contribution is 2.24. The van der Waals surface area contributed by atoms with Gasteiger partial charge in [0.05, 0.1) is 6.10 Å². The summed E-state index contributed by atoms with van der Waals surface area (Å²) >= 11 is 0. The molecule has 3 N–H and O–H groups in total. The Labute approximate surface area is 156 Å². The van der Waals surface area contributed by atoms with Gasteiger partial charge in [-0.05, 0) is 56.9 Å². The van der Waals surface area contributed by atoms with Gasteiger partial charge in [0.15, 0.2) is 5.60 Å². The molecule has 0 unspecified atom stereocenters. The lowest BCUT2D eigenvalue weighted by atomic mass is 9.89. The Morgan fingerprint density at radius 3 is 2.62 bits per heavy atom. The van der Waals surface area contributed by atoms with Crippen molar-refractivity contribution in [2.45, 2.75) is 69.1 Å². The molecule has 0 spiro atoms. The maximum Gasteiger partial charge on any atom is 0.255 e. The first-order valence-corrected chi connectivity index (χ1v) is 10.0. The molecule has 0 radical (unpaired) electrons. The minimum Gasteiger partial charge on any atom is -0.393 e. The number of likely N-dealkylation sites (tertiary alicyclic amines) is 1. The molecule has 1 aliphatic heterocycles. The lowest BCUT2D eigenvalue weighted by Gasteiger charge is -2.39. The number of aliphatic hydroxyl groups is 2. The molecule has 1 aromatic rings. The SMILES string of the molecule is O=C1N(CCCc2ccccc2)CCC[C@]1(O)CNC1CCC(O)CC1. The van der Waals surface area contributed by atoms with Crippen LogP contribution in [0, 0.1) is 0 Å². The highest BCUT2D eigenvalue weighted by Gasteiger charge is 2.42. The Morgan fingerprint density at radius 1 is 1.15 bits per heavy atom. The second-order valence-corrected chi connectivity index (χ2v) is 7.90. The minimum absolute atomic E-state index is 0.125. The molecule has 2 fully saturated rings. The summed E-state index contributed by atoms with van der Waals surface area (Å²) < 4.78 is 0. The average Bonchev–Trinajstić information content (AvgIpc) is 2.66. The third-order valence-corrected chi connectivity index (χ3v) is 5.82. The van der Waals surface area contributed by atoms with Crippen molar-refractivity contribution in [1.82, 2.24) is 10.2 Å². The van der Waals surface area contributed by atoms with E-state index in [0.717, 1.165) is 51.5 Å². The lowest BCUT2D eigenvalue weighted by molar-refractivity contribution is -0.156. The number of rotatable bonds is 7. The lowest BCUT2D eigenvalue weighted by Crippen LogP contribution is -2.59. The molecule has 0 bridgehead atoms. The summed E-state index contributed by atoms with van der Waals surface area (Å²) in [6.07, 6.45) is 6.48. The zero-order valence-corrected chi connectivity index (χ0v) is 15.6. The molecule has 1 amide bonds. The summed E-state index contributed by atoms with van der Waals surface area (Å²) in [5.74, 6) is -0.125. The van der Waals surface area contributed by atoms with Crippen LogP contribution in [0.25, 0.3) is 0 Å². The van der Waals surface area contributed by atoms with Gasteiger partial charge in [0.1, 0.15) is 0 Å². The van der Waals surface area contributed by atoms with Crippen LogP contribution in [0.1, 0.15) is 50.5 Å². The number of nitrogens with zero attached hydrogens (tertiary/aromatic N) is 1. The van der Waals surface area contributed by atoms with Gasteiger partial charge in [-0.1, -0.05) is 30.3 Å². The smallest absolute Gasteiger partial charge is 0.255 e.